The highest BCUT2D eigenvalue weighted by atomic mass is 15.3. The van der Waals surface area contributed by atoms with E-state index in [-0.39, 0.29) is 0 Å². The van der Waals surface area contributed by atoms with Crippen LogP contribution >= 0.6 is 0 Å². The number of hydrogen-bond donors (Lipinski definition) is 0. The van der Waals surface area contributed by atoms with Crippen molar-refractivity contribution in [3.8, 4) is 0 Å². The molecule has 84 valence electrons. The van der Waals surface area contributed by atoms with Crippen molar-refractivity contribution >= 4 is 5.69 Å². The number of anilines is 1. The lowest BCUT2D eigenvalue weighted by Gasteiger charge is -2.33. The zero-order valence-electron chi connectivity index (χ0n) is 9.90. The summed E-state index contributed by atoms with van der Waals surface area (Å²) in [5.41, 5.74) is 2.60. The second-order valence-electron chi connectivity index (χ2n) is 4.22. The molecule has 15 heavy (non-hydrogen) atoms. The highest BCUT2D eigenvalue weighted by Crippen LogP contribution is 2.20. The van der Waals surface area contributed by atoms with Crippen molar-refractivity contribution in [2.24, 2.45) is 0 Å². The Bertz CT molecular complexity index is 323. The Kier molecular flexibility index (Phi) is 2.95. The summed E-state index contributed by atoms with van der Waals surface area (Å²) in [5, 5.41) is 4.39. The smallest absolute Gasteiger partial charge is 0.0783 e. The fourth-order valence-electron chi connectivity index (χ4n) is 2.11. The van der Waals surface area contributed by atoms with Crippen LogP contribution in [0, 0.1) is 6.92 Å². The molecule has 0 aliphatic carbocycles. The average Bonchev–Trinajstić information content (AvgIpc) is 2.61. The molecule has 0 unspecified atom stereocenters. The highest BCUT2D eigenvalue weighted by Gasteiger charge is 2.17. The van der Waals surface area contributed by atoms with Crippen molar-refractivity contribution in [3.63, 3.8) is 0 Å². The molecule has 2 heterocycles. The Labute approximate surface area is 91.5 Å². The third kappa shape index (κ3) is 2.00. The van der Waals surface area contributed by atoms with E-state index in [1.807, 2.05) is 6.20 Å². The number of nitrogens with zero attached hydrogens (tertiary/aromatic N) is 4. The van der Waals surface area contributed by atoms with Crippen molar-refractivity contribution in [3.05, 3.63) is 11.9 Å². The second kappa shape index (κ2) is 4.23. The molecule has 0 aromatic carbocycles. The van der Waals surface area contributed by atoms with Crippen molar-refractivity contribution in [1.82, 2.24) is 14.7 Å². The second-order valence-corrected chi connectivity index (χ2v) is 4.22. The molecule has 4 heteroatoms. The third-order valence-electron chi connectivity index (χ3n) is 3.22. The Morgan fingerprint density at radius 2 is 1.93 bits per heavy atom. The first-order valence-corrected chi connectivity index (χ1v) is 5.68. The van der Waals surface area contributed by atoms with Gasteiger partial charge in [0, 0.05) is 32.7 Å². The van der Waals surface area contributed by atoms with Gasteiger partial charge in [-0.15, -0.1) is 0 Å². The van der Waals surface area contributed by atoms with Crippen LogP contribution in [0.3, 0.4) is 0 Å². The molecule has 1 fully saturated rings. The number of aromatic nitrogens is 2. The van der Waals surface area contributed by atoms with Crippen LogP contribution in [0.4, 0.5) is 5.69 Å². The first-order chi connectivity index (χ1) is 7.22. The lowest BCUT2D eigenvalue weighted by molar-refractivity contribution is 0.312. The van der Waals surface area contributed by atoms with Crippen molar-refractivity contribution in [2.75, 3.05) is 38.1 Å². The highest BCUT2D eigenvalue weighted by molar-refractivity contribution is 5.49. The van der Waals surface area contributed by atoms with Gasteiger partial charge in [0.05, 0.1) is 17.6 Å². The van der Waals surface area contributed by atoms with E-state index in [4.69, 9.17) is 0 Å². The Morgan fingerprint density at radius 1 is 1.27 bits per heavy atom. The van der Waals surface area contributed by atoms with Gasteiger partial charge in [-0.3, -0.25) is 4.68 Å². The van der Waals surface area contributed by atoms with E-state index in [0.717, 1.165) is 32.7 Å². The molecule has 0 bridgehead atoms. The van der Waals surface area contributed by atoms with E-state index >= 15 is 0 Å². The number of piperazine rings is 1. The maximum absolute atomic E-state index is 4.39. The zero-order valence-corrected chi connectivity index (χ0v) is 9.90. The summed E-state index contributed by atoms with van der Waals surface area (Å²) in [6.45, 7) is 9.78. The van der Waals surface area contributed by atoms with E-state index in [1.54, 1.807) is 0 Å². The van der Waals surface area contributed by atoms with Crippen LogP contribution in [-0.2, 0) is 6.54 Å². The molecule has 0 amide bonds. The van der Waals surface area contributed by atoms with Gasteiger partial charge in [-0.2, -0.15) is 5.10 Å². The Hall–Kier alpha value is -1.03. The topological polar surface area (TPSA) is 24.3 Å². The fraction of sp³-hybridized carbons (Fsp3) is 0.727. The van der Waals surface area contributed by atoms with Crippen molar-refractivity contribution in [1.29, 1.82) is 0 Å². The summed E-state index contributed by atoms with van der Waals surface area (Å²) in [6, 6.07) is 0. The van der Waals surface area contributed by atoms with Gasteiger partial charge < -0.3 is 9.80 Å². The van der Waals surface area contributed by atoms with Crippen LogP contribution < -0.4 is 4.90 Å². The lowest BCUT2D eigenvalue weighted by atomic mass is 10.3. The van der Waals surface area contributed by atoms with Gasteiger partial charge in [-0.1, -0.05) is 0 Å². The number of aryl methyl sites for hydroxylation is 1. The van der Waals surface area contributed by atoms with Gasteiger partial charge in [0.1, 0.15) is 0 Å². The normalized spacial score (nSPS) is 18.5. The molecule has 4 nitrogen and oxygen atoms in total. The fourth-order valence-corrected chi connectivity index (χ4v) is 2.11. The van der Waals surface area contributed by atoms with Gasteiger partial charge in [-0.25, -0.2) is 0 Å². The summed E-state index contributed by atoms with van der Waals surface area (Å²) in [5.74, 6) is 0. The number of hydrogen-bond acceptors (Lipinski definition) is 3. The van der Waals surface area contributed by atoms with E-state index in [9.17, 15) is 0 Å². The first kappa shape index (κ1) is 10.5. The van der Waals surface area contributed by atoms with E-state index in [0.29, 0.717) is 0 Å². The van der Waals surface area contributed by atoms with Gasteiger partial charge in [0.25, 0.3) is 0 Å². The molecule has 1 aliphatic rings. The van der Waals surface area contributed by atoms with Crippen molar-refractivity contribution in [2.45, 2.75) is 20.4 Å². The van der Waals surface area contributed by atoms with E-state index in [2.05, 4.69) is 40.5 Å². The maximum atomic E-state index is 4.39. The van der Waals surface area contributed by atoms with Crippen molar-refractivity contribution < 1.29 is 0 Å². The van der Waals surface area contributed by atoms with Crippen LogP contribution in [0.15, 0.2) is 6.20 Å². The maximum Gasteiger partial charge on any atom is 0.0783 e. The number of likely N-dealkylation sites (N-methyl/N-ethyl adjacent to an activating group) is 1. The summed E-state index contributed by atoms with van der Waals surface area (Å²) >= 11 is 0. The monoisotopic (exact) mass is 208 g/mol. The van der Waals surface area contributed by atoms with Crippen LogP contribution in [0.2, 0.25) is 0 Å². The SMILES string of the molecule is CCn1ncc(N2CCN(C)CC2)c1C. The molecular formula is C11H20N4. The van der Waals surface area contributed by atoms with Gasteiger partial charge in [-0.05, 0) is 20.9 Å². The van der Waals surface area contributed by atoms with Gasteiger partial charge in [0.2, 0.25) is 0 Å². The van der Waals surface area contributed by atoms with Crippen LogP contribution in [-0.4, -0.2) is 47.9 Å². The third-order valence-corrected chi connectivity index (χ3v) is 3.22. The minimum atomic E-state index is 0.958. The molecule has 1 aromatic rings. The van der Waals surface area contributed by atoms with Crippen LogP contribution in [0.1, 0.15) is 12.6 Å². The van der Waals surface area contributed by atoms with Gasteiger partial charge in [0.15, 0.2) is 0 Å². The predicted octanol–water partition coefficient (Wildman–Crippen LogP) is 0.963. The first-order valence-electron chi connectivity index (χ1n) is 5.68. The summed E-state index contributed by atoms with van der Waals surface area (Å²) < 4.78 is 2.06. The zero-order chi connectivity index (χ0) is 10.8. The molecule has 2 rings (SSSR count). The molecule has 0 saturated carbocycles. The summed E-state index contributed by atoms with van der Waals surface area (Å²) in [7, 11) is 2.18. The standard InChI is InChI=1S/C11H20N4/c1-4-15-10(2)11(9-12-15)14-7-5-13(3)6-8-14/h9H,4-8H2,1-3H3. The molecular weight excluding hydrogens is 188 g/mol. The molecule has 0 radical (unpaired) electrons. The lowest BCUT2D eigenvalue weighted by Crippen LogP contribution is -2.44. The van der Waals surface area contributed by atoms with E-state index in [1.165, 1.54) is 11.4 Å². The quantitative estimate of drug-likeness (QED) is 0.723. The molecule has 1 aromatic heterocycles. The molecule has 1 saturated heterocycles. The Morgan fingerprint density at radius 3 is 2.47 bits per heavy atom. The Balaban J connectivity index is 2.12. The largest absolute Gasteiger partial charge is 0.366 e. The molecule has 0 spiro atoms. The molecule has 0 atom stereocenters. The summed E-state index contributed by atoms with van der Waals surface area (Å²) in [6.07, 6.45) is 2.00. The minimum absolute atomic E-state index is 0.958. The van der Waals surface area contributed by atoms with E-state index < -0.39 is 0 Å². The predicted molar refractivity (Wildman–Crippen MR) is 62.3 cm³/mol. The minimum Gasteiger partial charge on any atom is -0.366 e. The van der Waals surface area contributed by atoms with Crippen LogP contribution in [0.25, 0.3) is 0 Å². The number of rotatable bonds is 2. The molecule has 1 aliphatic heterocycles. The van der Waals surface area contributed by atoms with Crippen LogP contribution in [0.5, 0.6) is 0 Å². The summed E-state index contributed by atoms with van der Waals surface area (Å²) in [4.78, 5) is 4.81. The van der Waals surface area contributed by atoms with Gasteiger partial charge >= 0.3 is 0 Å². The average molecular weight is 208 g/mol. The molecule has 0 N–H and O–H groups in total.